The largest absolute Gasteiger partial charge is 0.495 e. The summed E-state index contributed by atoms with van der Waals surface area (Å²) in [5.74, 6) is -24.5. The molecule has 0 rings (SSSR count). The Balaban J connectivity index is 7.56. The zero-order valence-electron chi connectivity index (χ0n) is 65.1. The summed E-state index contributed by atoms with van der Waals surface area (Å²) in [6, 6.07) is -26.1. The molecule has 38 N–H and O–H groups in total. The molecule has 0 aromatic carbocycles. The van der Waals surface area contributed by atoms with Crippen LogP contribution in [0.1, 0.15) is 132 Å². The minimum Gasteiger partial charge on any atom is -0.495 e. The van der Waals surface area contributed by atoms with E-state index in [1.165, 1.54) is 6.92 Å². The van der Waals surface area contributed by atoms with Crippen molar-refractivity contribution in [2.45, 2.75) is 229 Å². The number of nitrogens with two attached hydrogens (primary N) is 5. The Morgan fingerprint density at radius 1 is 0.248 bits per heavy atom. The number of hydrogen-bond donors (Lipinski definition) is 33. The summed E-state index contributed by atoms with van der Waals surface area (Å²) in [7, 11) is 0. The standard InChI is InChI=1S/C64H110N28O25/c1-25(78-52(108)33(65)13-9-17-74-61(66)67)48(104)89-37(21-41(93)94)56(112)82-26(2)45(101)86-34(14-10-18-75-62(68)69)53(109)79-29(5)49(105)90-38(22-42(95)96)57(113)83-27(3)46(102)87-35(15-11-19-76-63(70)71)54(110)80-30(6)50(106)91-39(23-43(97)98)58(114)84-28(4)47(103)88-36(16-12-20-77-64(72)73)55(111)81-31(7)51(107)92-40(24-44(99)100)59(115)85-32(8)60(116)117/h25-40H,9-24,65H2,1-8H3,(H,78,108)(H,79,109)(H,80,110)(H,81,111)(H,82,112)(H,83,113)(H,84,114)(H,85,115)(H,86,101)(H,87,102)(H,88,103)(H,89,104)(H,90,105)(H,91,106)(H,92,107)(H,93,94)(H,95,96)(H,97,98)(H,99,100)(H,116,117)(H4,66,67,74)(H4,68,69,75)(H4,70,71,76)(H4,72,73,77). The van der Waals surface area contributed by atoms with Crippen LogP contribution >= 0.6 is 0 Å². The fourth-order valence-corrected chi connectivity index (χ4v) is 9.04. The van der Waals surface area contributed by atoms with E-state index in [9.17, 15) is 126 Å². The summed E-state index contributed by atoms with van der Waals surface area (Å²) < 4.78 is 0. The fraction of sp³-hybridized carbons (Fsp3) is 0.625. The van der Waals surface area contributed by atoms with Gasteiger partial charge in [0.2, 0.25) is 82.6 Å². The smallest absolute Gasteiger partial charge is 0.328 e. The Labute approximate surface area is 667 Å². The van der Waals surface area contributed by atoms with Crippen LogP contribution in [0.15, 0.2) is 74.9 Å². The molecular weight excluding hydrogens is 1560 g/mol. The lowest BCUT2D eigenvalue weighted by Crippen LogP contribution is -2.35. The molecule has 0 spiro atoms. The number of hydrogen-bond acceptors (Lipinski definition) is 25. The van der Waals surface area contributed by atoms with Crippen LogP contribution < -0.4 is 49.9 Å². The second-order valence-electron chi connectivity index (χ2n) is 25.6. The second-order valence-corrected chi connectivity index (χ2v) is 25.6. The Hall–Kier alpha value is -13.6. The van der Waals surface area contributed by atoms with Gasteiger partial charge in [0.1, 0.15) is 90.6 Å². The highest BCUT2D eigenvalue weighted by Gasteiger charge is 2.31. The van der Waals surface area contributed by atoms with Gasteiger partial charge in [0.15, 0.2) is 29.7 Å². The monoisotopic (exact) mass is 1670 g/mol. The summed E-state index contributed by atoms with van der Waals surface area (Å²) in [5.41, 5.74) is 27.3. The molecule has 0 heterocycles. The molecule has 0 bridgehead atoms. The number of rotatable bonds is 55. The predicted octanol–water partition coefficient (Wildman–Crippen LogP) is -0.614. The zero-order chi connectivity index (χ0) is 89.8. The third kappa shape index (κ3) is 43.3. The Kier molecular flexibility index (Phi) is 46.6. The van der Waals surface area contributed by atoms with Gasteiger partial charge in [-0.1, -0.05) is 0 Å². The minimum absolute atomic E-state index is 0.0152. The molecular formula is C64H110N28O25. The summed E-state index contributed by atoms with van der Waals surface area (Å²) in [4.78, 5) is 117. The molecule has 0 aliphatic heterocycles. The maximum absolute atomic E-state index is 12.1. The average molecular weight is 1670 g/mol. The first-order chi connectivity index (χ1) is 54.4. The molecule has 0 aromatic heterocycles. The molecule has 16 unspecified atom stereocenters. The summed E-state index contributed by atoms with van der Waals surface area (Å²) in [6.45, 7) is 9.18. The number of carbonyl (C=O) groups is 5. The van der Waals surface area contributed by atoms with E-state index >= 15 is 0 Å². The molecule has 0 aromatic rings. The molecule has 0 saturated carbocycles. The summed E-state index contributed by atoms with van der Waals surface area (Å²) in [5, 5.41) is 253. The number of aliphatic carboxylic acids is 5. The molecule has 0 aliphatic carbocycles. The molecule has 0 aliphatic rings. The van der Waals surface area contributed by atoms with E-state index in [-0.39, 0.29) is 77.1 Å². The number of carboxylic acid groups (broad SMARTS) is 5. The molecule has 16 atom stereocenters. The lowest BCUT2D eigenvalue weighted by Gasteiger charge is -2.17. The van der Waals surface area contributed by atoms with Crippen LogP contribution in [-0.4, -0.2) is 367 Å². The number of nitrogens with one attached hydrogen (secondary N) is 8. The molecule has 53 heteroatoms. The van der Waals surface area contributed by atoms with Gasteiger partial charge < -0.3 is 152 Å². The fourth-order valence-electron chi connectivity index (χ4n) is 9.04. The highest BCUT2D eigenvalue weighted by atomic mass is 16.4. The van der Waals surface area contributed by atoms with Gasteiger partial charge >= 0.3 is 29.8 Å². The van der Waals surface area contributed by atoms with Crippen LogP contribution in [0.4, 0.5) is 0 Å². The molecule has 0 amide bonds. The Morgan fingerprint density at radius 3 is 0.590 bits per heavy atom. The van der Waals surface area contributed by atoms with Gasteiger partial charge in [-0.15, -0.1) is 0 Å². The van der Waals surface area contributed by atoms with Crippen LogP contribution in [0.5, 0.6) is 0 Å². The second kappa shape index (κ2) is 52.7. The number of aliphatic hydroxyl groups is 15. The van der Waals surface area contributed by atoms with Crippen molar-refractivity contribution in [3.05, 3.63) is 0 Å². The predicted molar refractivity (Wildman–Crippen MR) is 434 cm³/mol. The molecule has 0 saturated heterocycles. The van der Waals surface area contributed by atoms with Crippen LogP contribution in [0.25, 0.3) is 0 Å². The molecule has 0 fully saturated rings. The van der Waals surface area contributed by atoms with Crippen LogP contribution in [0.2, 0.25) is 0 Å². The van der Waals surface area contributed by atoms with Gasteiger partial charge in [-0.25, -0.2) is 79.7 Å². The first kappa shape index (κ1) is 103. The minimum atomic E-state index is -2.00. The third-order valence-corrected chi connectivity index (χ3v) is 15.4. The van der Waals surface area contributed by atoms with E-state index in [2.05, 4.69) is 96.2 Å². The number of aliphatic hydroxyl groups excluding tert-OH is 15. The third-order valence-electron chi connectivity index (χ3n) is 15.4. The highest BCUT2D eigenvalue weighted by molar-refractivity contribution is 5.98. The van der Waals surface area contributed by atoms with Gasteiger partial charge in [-0.2, -0.15) is 0 Å². The van der Waals surface area contributed by atoms with Crippen molar-refractivity contribution in [2.24, 2.45) is 104 Å². The van der Waals surface area contributed by atoms with Crippen molar-refractivity contribution in [3.63, 3.8) is 0 Å². The first-order valence-electron chi connectivity index (χ1n) is 35.5. The van der Waals surface area contributed by atoms with Crippen molar-refractivity contribution in [1.82, 2.24) is 21.3 Å². The van der Waals surface area contributed by atoms with E-state index in [0.29, 0.717) is 6.42 Å². The number of carboxylic acids is 5. The maximum atomic E-state index is 12.1. The van der Waals surface area contributed by atoms with E-state index in [1.807, 2.05) is 0 Å². The van der Waals surface area contributed by atoms with E-state index in [0.717, 1.165) is 48.5 Å². The Morgan fingerprint density at radius 2 is 0.410 bits per heavy atom. The van der Waals surface area contributed by atoms with E-state index < -0.39 is 259 Å². The molecule has 117 heavy (non-hydrogen) atoms. The van der Waals surface area contributed by atoms with Crippen LogP contribution in [0, 0.1) is 21.6 Å². The van der Waals surface area contributed by atoms with Gasteiger partial charge in [0, 0.05) is 26.2 Å². The van der Waals surface area contributed by atoms with Gasteiger partial charge in [-0.3, -0.25) is 40.8 Å². The number of aliphatic imine (C=N–C) groups is 15. The topological polar surface area (TPSA) is 949 Å². The maximum Gasteiger partial charge on any atom is 0.328 e. The van der Waals surface area contributed by atoms with E-state index in [1.54, 1.807) is 0 Å². The zero-order valence-corrected chi connectivity index (χ0v) is 65.1. The molecule has 53 nitrogen and oxygen atoms in total. The van der Waals surface area contributed by atoms with Crippen molar-refractivity contribution in [2.75, 3.05) is 26.2 Å². The molecule has 0 radical (unpaired) electrons. The van der Waals surface area contributed by atoms with Gasteiger partial charge in [0.05, 0.1) is 31.7 Å². The van der Waals surface area contributed by atoms with E-state index in [4.69, 9.17) is 50.3 Å². The van der Waals surface area contributed by atoms with Crippen molar-refractivity contribution in [1.29, 1.82) is 21.6 Å². The summed E-state index contributed by atoms with van der Waals surface area (Å²) in [6.07, 6.45) is -4.42. The molecule has 656 valence electrons. The van der Waals surface area contributed by atoms with Crippen LogP contribution in [0.3, 0.4) is 0 Å². The SMILES string of the molecule is CC(N=C(O)C(CC(=O)O)N=C(O)C(C)N=C(O)C(CCCNC(=N)N)N=C(O)C(C)N=C(O)C(CC(=O)O)N=C(O)C(C)N=C(O)C(CCCNC(=N)N)N=C(O)C(C)N=C(O)C(CC(=O)O)N=C(O)C(C)N=C(O)C(CCCNC(=N)N)N=C(O)C(C)N=C(O)C(CC(=O)O)N=C(O)C(C)N=C(O)C(N)CCCNC(=N)N)C(=O)O. The number of guanidine groups is 4. The van der Waals surface area contributed by atoms with Crippen molar-refractivity contribution >= 4 is 142 Å². The van der Waals surface area contributed by atoms with Crippen LogP contribution in [-0.2, 0) is 24.0 Å². The average Bonchev–Trinajstić information content (AvgIpc) is 0.869. The van der Waals surface area contributed by atoms with Crippen molar-refractivity contribution in [3.8, 4) is 0 Å². The normalized spacial score (nSPS) is 18.1. The van der Waals surface area contributed by atoms with Crippen molar-refractivity contribution < 1.29 is 126 Å². The highest BCUT2D eigenvalue weighted by Crippen LogP contribution is 2.17. The lowest BCUT2D eigenvalue weighted by molar-refractivity contribution is -0.138. The lowest BCUT2D eigenvalue weighted by atomic mass is 10.1. The Bertz CT molecular complexity index is 3880. The van der Waals surface area contributed by atoms with Gasteiger partial charge in [0.25, 0.3) is 0 Å². The number of nitrogens with zero attached hydrogens (tertiary/aromatic N) is 15. The quantitative estimate of drug-likeness (QED) is 0.0205. The van der Waals surface area contributed by atoms with Gasteiger partial charge in [-0.05, 0) is 107 Å². The first-order valence-corrected chi connectivity index (χ1v) is 35.5. The summed E-state index contributed by atoms with van der Waals surface area (Å²) >= 11 is 0.